The van der Waals surface area contributed by atoms with Crippen molar-refractivity contribution in [1.29, 1.82) is 0 Å². The van der Waals surface area contributed by atoms with Crippen LogP contribution < -0.4 is 5.32 Å². The van der Waals surface area contributed by atoms with Crippen LogP contribution in [0.3, 0.4) is 0 Å². The molecule has 1 amide bonds. The van der Waals surface area contributed by atoms with E-state index in [9.17, 15) is 9.59 Å². The van der Waals surface area contributed by atoms with E-state index in [4.69, 9.17) is 4.74 Å². The number of hydrogen-bond donors (Lipinski definition) is 1. The average molecular weight is 404 g/mol. The zero-order valence-corrected chi connectivity index (χ0v) is 17.4. The van der Waals surface area contributed by atoms with Crippen LogP contribution in [0.2, 0.25) is 0 Å². The van der Waals surface area contributed by atoms with Crippen molar-refractivity contribution in [2.75, 3.05) is 17.7 Å². The summed E-state index contributed by atoms with van der Waals surface area (Å²) < 4.78 is 5.23. The van der Waals surface area contributed by atoms with Gasteiger partial charge in [0.15, 0.2) is 0 Å². The molecule has 0 radical (unpaired) electrons. The molecule has 1 aromatic heterocycles. The van der Waals surface area contributed by atoms with E-state index in [1.807, 2.05) is 0 Å². The van der Waals surface area contributed by atoms with Gasteiger partial charge in [-0.1, -0.05) is 29.8 Å². The summed E-state index contributed by atoms with van der Waals surface area (Å²) in [6, 6.07) is 8.34. The third-order valence-corrected chi connectivity index (χ3v) is 6.74. The van der Waals surface area contributed by atoms with Crippen LogP contribution in [0.1, 0.15) is 51.7 Å². The number of rotatable bonds is 7. The van der Waals surface area contributed by atoms with Gasteiger partial charge in [0.1, 0.15) is 5.00 Å². The van der Waals surface area contributed by atoms with Crippen molar-refractivity contribution < 1.29 is 14.3 Å². The Bertz CT molecular complexity index is 812. The number of ether oxygens (including phenoxy) is 1. The quantitative estimate of drug-likeness (QED) is 0.662. The van der Waals surface area contributed by atoms with Crippen molar-refractivity contribution >= 4 is 40.0 Å². The second-order valence-corrected chi connectivity index (χ2v) is 8.75. The summed E-state index contributed by atoms with van der Waals surface area (Å²) in [5.41, 5.74) is 4.09. The van der Waals surface area contributed by atoms with Crippen molar-refractivity contribution in [3.8, 4) is 0 Å². The van der Waals surface area contributed by atoms with Gasteiger partial charge in [-0.15, -0.1) is 23.1 Å². The van der Waals surface area contributed by atoms with Crippen LogP contribution in [0.4, 0.5) is 5.00 Å². The first-order valence-electron chi connectivity index (χ1n) is 9.33. The Kier molecular flexibility index (Phi) is 6.96. The molecule has 3 rings (SSSR count). The van der Waals surface area contributed by atoms with Crippen molar-refractivity contribution in [1.82, 2.24) is 0 Å². The molecule has 0 fully saturated rings. The molecule has 1 heterocycles. The number of carbonyl (C=O) groups excluding carboxylic acids is 2. The van der Waals surface area contributed by atoms with Crippen LogP contribution in [0.25, 0.3) is 0 Å². The van der Waals surface area contributed by atoms with Crippen molar-refractivity contribution in [3.63, 3.8) is 0 Å². The van der Waals surface area contributed by atoms with Gasteiger partial charge in [-0.05, 0) is 50.7 Å². The molecule has 0 atom stereocenters. The molecule has 0 aliphatic heterocycles. The van der Waals surface area contributed by atoms with Crippen LogP contribution in [0.15, 0.2) is 24.3 Å². The van der Waals surface area contributed by atoms with E-state index in [-0.39, 0.29) is 11.9 Å². The van der Waals surface area contributed by atoms with Gasteiger partial charge in [-0.2, -0.15) is 0 Å². The Balaban J connectivity index is 1.63. The maximum Gasteiger partial charge on any atom is 0.341 e. The predicted octanol–water partition coefficient (Wildman–Crippen LogP) is 4.98. The standard InChI is InChI=1S/C21H25NO3S2/c1-3-25-21(24)19-16-6-4-5-7-17(16)27-20(19)22-18(23)13-26-12-15-10-8-14(2)9-11-15/h8-11H,3-7,12-13H2,1-2H3,(H,22,23). The molecule has 0 unspecified atom stereocenters. The topological polar surface area (TPSA) is 55.4 Å². The number of aryl methyl sites for hydroxylation is 2. The van der Waals surface area contributed by atoms with E-state index in [0.29, 0.717) is 22.9 Å². The second kappa shape index (κ2) is 9.42. The summed E-state index contributed by atoms with van der Waals surface area (Å²) in [5.74, 6) is 0.758. The number of nitrogens with one attached hydrogen (secondary N) is 1. The molecule has 1 aliphatic rings. The van der Waals surface area contributed by atoms with E-state index in [1.165, 1.54) is 27.3 Å². The van der Waals surface area contributed by atoms with Gasteiger partial charge in [0.05, 0.1) is 17.9 Å². The van der Waals surface area contributed by atoms with E-state index < -0.39 is 0 Å². The molecule has 1 N–H and O–H groups in total. The van der Waals surface area contributed by atoms with Crippen LogP contribution in [-0.4, -0.2) is 24.2 Å². The highest BCUT2D eigenvalue weighted by atomic mass is 32.2. The predicted molar refractivity (Wildman–Crippen MR) is 113 cm³/mol. The summed E-state index contributed by atoms with van der Waals surface area (Å²) in [6.07, 6.45) is 4.08. The normalized spacial score (nSPS) is 13.1. The number of fused-ring (bicyclic) bond motifs is 1. The summed E-state index contributed by atoms with van der Waals surface area (Å²) >= 11 is 3.11. The Hall–Kier alpha value is -1.79. The second-order valence-electron chi connectivity index (χ2n) is 6.66. The molecule has 27 heavy (non-hydrogen) atoms. The average Bonchev–Trinajstić information content (AvgIpc) is 3.01. The van der Waals surface area contributed by atoms with Crippen LogP contribution in [-0.2, 0) is 28.1 Å². The summed E-state index contributed by atoms with van der Waals surface area (Å²) in [6.45, 7) is 4.20. The molecule has 0 bridgehead atoms. The first kappa shape index (κ1) is 20.0. The number of benzene rings is 1. The fraction of sp³-hybridized carbons (Fsp3) is 0.429. The van der Waals surface area contributed by atoms with Gasteiger partial charge in [-0.3, -0.25) is 4.79 Å². The number of thioether (sulfide) groups is 1. The molecule has 0 saturated carbocycles. The molecule has 0 spiro atoms. The van der Waals surface area contributed by atoms with E-state index in [0.717, 1.165) is 37.0 Å². The highest BCUT2D eigenvalue weighted by Gasteiger charge is 2.27. The Morgan fingerprint density at radius 1 is 1.19 bits per heavy atom. The number of hydrogen-bond acceptors (Lipinski definition) is 5. The summed E-state index contributed by atoms with van der Waals surface area (Å²) in [7, 11) is 0. The zero-order valence-electron chi connectivity index (χ0n) is 15.8. The highest BCUT2D eigenvalue weighted by molar-refractivity contribution is 7.99. The Labute approximate surface area is 168 Å². The molecule has 0 saturated heterocycles. The third kappa shape index (κ3) is 5.14. The van der Waals surface area contributed by atoms with Crippen molar-refractivity contribution in [2.24, 2.45) is 0 Å². The van der Waals surface area contributed by atoms with Crippen molar-refractivity contribution in [2.45, 2.75) is 45.3 Å². The minimum atomic E-state index is -0.320. The largest absolute Gasteiger partial charge is 0.462 e. The van der Waals surface area contributed by atoms with E-state index in [2.05, 4.69) is 36.5 Å². The third-order valence-electron chi connectivity index (χ3n) is 4.53. The van der Waals surface area contributed by atoms with Gasteiger partial charge in [-0.25, -0.2) is 4.79 Å². The molecular weight excluding hydrogens is 378 g/mol. The first-order valence-corrected chi connectivity index (χ1v) is 11.3. The van der Waals surface area contributed by atoms with Gasteiger partial charge >= 0.3 is 5.97 Å². The van der Waals surface area contributed by atoms with E-state index in [1.54, 1.807) is 18.7 Å². The zero-order chi connectivity index (χ0) is 19.2. The number of carbonyl (C=O) groups is 2. The van der Waals surface area contributed by atoms with Crippen LogP contribution in [0.5, 0.6) is 0 Å². The lowest BCUT2D eigenvalue weighted by Gasteiger charge is -2.12. The number of thiophene rings is 1. The molecule has 1 aliphatic carbocycles. The Morgan fingerprint density at radius 3 is 2.67 bits per heavy atom. The minimum absolute atomic E-state index is 0.0729. The van der Waals surface area contributed by atoms with Gasteiger partial charge in [0.25, 0.3) is 0 Å². The first-order chi connectivity index (χ1) is 13.1. The molecule has 4 nitrogen and oxygen atoms in total. The summed E-state index contributed by atoms with van der Waals surface area (Å²) in [4.78, 5) is 26.1. The maximum atomic E-state index is 12.4. The number of amides is 1. The smallest absolute Gasteiger partial charge is 0.341 e. The van der Waals surface area contributed by atoms with Crippen molar-refractivity contribution in [3.05, 3.63) is 51.4 Å². The fourth-order valence-corrected chi connectivity index (χ4v) is 5.26. The van der Waals surface area contributed by atoms with Gasteiger partial charge in [0, 0.05) is 10.6 Å². The lowest BCUT2D eigenvalue weighted by Crippen LogP contribution is -2.17. The van der Waals surface area contributed by atoms with Crippen LogP contribution >= 0.6 is 23.1 Å². The molecule has 6 heteroatoms. The fourth-order valence-electron chi connectivity index (χ4n) is 3.18. The summed E-state index contributed by atoms with van der Waals surface area (Å²) in [5, 5.41) is 3.61. The molecular formula is C21H25NO3S2. The number of anilines is 1. The van der Waals surface area contributed by atoms with E-state index >= 15 is 0 Å². The SMILES string of the molecule is CCOC(=O)c1c(NC(=O)CSCc2ccc(C)cc2)sc2c1CCCC2. The lowest BCUT2D eigenvalue weighted by atomic mass is 9.95. The van der Waals surface area contributed by atoms with Gasteiger partial charge in [0.2, 0.25) is 5.91 Å². The lowest BCUT2D eigenvalue weighted by molar-refractivity contribution is -0.113. The Morgan fingerprint density at radius 2 is 1.93 bits per heavy atom. The highest BCUT2D eigenvalue weighted by Crippen LogP contribution is 2.38. The minimum Gasteiger partial charge on any atom is -0.462 e. The van der Waals surface area contributed by atoms with Crippen LogP contribution in [0, 0.1) is 6.92 Å². The molecule has 2 aromatic rings. The maximum absolute atomic E-state index is 12.4. The number of esters is 1. The molecule has 144 valence electrons. The molecule has 1 aromatic carbocycles. The van der Waals surface area contributed by atoms with Gasteiger partial charge < -0.3 is 10.1 Å². The monoisotopic (exact) mass is 403 g/mol.